The van der Waals surface area contributed by atoms with Crippen LogP contribution in [-0.4, -0.2) is 50.8 Å². The van der Waals surface area contributed by atoms with Gasteiger partial charge in [-0.2, -0.15) is 0 Å². The minimum absolute atomic E-state index is 0.213. The van der Waals surface area contributed by atoms with Crippen LogP contribution in [0, 0.1) is 11.3 Å². The number of ether oxygens (including phenoxy) is 1. The molecular weight excluding hydrogens is 260 g/mol. The van der Waals surface area contributed by atoms with Crippen LogP contribution in [0.3, 0.4) is 0 Å². The van der Waals surface area contributed by atoms with E-state index in [1.165, 1.54) is 32.2 Å². The van der Waals surface area contributed by atoms with Gasteiger partial charge in [-0.1, -0.05) is 19.8 Å². The third kappa shape index (κ3) is 7.62. The Morgan fingerprint density at radius 3 is 2.38 bits per heavy atom. The van der Waals surface area contributed by atoms with E-state index in [0.29, 0.717) is 5.41 Å². The molecule has 0 atom stereocenters. The van der Waals surface area contributed by atoms with Crippen molar-refractivity contribution in [1.29, 1.82) is 0 Å². The molecule has 1 aliphatic carbocycles. The standard InChI is InChI=1S/C18H38N2O/c1-16-8-10-18(11-9-16,14-19-17(2,3)4)15-20(5)12-7-13-21-6/h16,19H,7-15H2,1-6H3. The summed E-state index contributed by atoms with van der Waals surface area (Å²) in [5.74, 6) is 0.909. The first-order chi connectivity index (χ1) is 9.76. The van der Waals surface area contributed by atoms with Crippen LogP contribution >= 0.6 is 0 Å². The Balaban J connectivity index is 2.55. The molecule has 21 heavy (non-hydrogen) atoms. The Morgan fingerprint density at radius 1 is 1.24 bits per heavy atom. The summed E-state index contributed by atoms with van der Waals surface area (Å²) < 4.78 is 5.17. The summed E-state index contributed by atoms with van der Waals surface area (Å²) in [4.78, 5) is 2.51. The highest BCUT2D eigenvalue weighted by Crippen LogP contribution is 2.39. The van der Waals surface area contributed by atoms with Crippen molar-refractivity contribution in [2.45, 2.75) is 65.3 Å². The molecule has 0 radical (unpaired) electrons. The van der Waals surface area contributed by atoms with Crippen LogP contribution in [0.25, 0.3) is 0 Å². The van der Waals surface area contributed by atoms with Gasteiger partial charge in [-0.15, -0.1) is 0 Å². The summed E-state index contributed by atoms with van der Waals surface area (Å²) in [6.07, 6.45) is 6.64. The third-order valence-electron chi connectivity index (χ3n) is 4.82. The molecule has 3 heteroatoms. The second-order valence-electron chi connectivity index (χ2n) is 8.37. The summed E-state index contributed by atoms with van der Waals surface area (Å²) in [5, 5.41) is 3.77. The van der Waals surface area contributed by atoms with Crippen LogP contribution in [0.1, 0.15) is 59.8 Å². The van der Waals surface area contributed by atoms with Gasteiger partial charge in [0.1, 0.15) is 0 Å². The molecule has 126 valence electrons. The minimum Gasteiger partial charge on any atom is -0.385 e. The number of methoxy groups -OCH3 is 1. The number of rotatable bonds is 8. The van der Waals surface area contributed by atoms with E-state index in [4.69, 9.17) is 4.74 Å². The van der Waals surface area contributed by atoms with E-state index in [1.807, 2.05) is 0 Å². The van der Waals surface area contributed by atoms with Gasteiger partial charge in [-0.05, 0) is 58.4 Å². The maximum atomic E-state index is 5.17. The summed E-state index contributed by atoms with van der Waals surface area (Å²) in [5.41, 5.74) is 0.673. The molecule has 0 aromatic rings. The smallest absolute Gasteiger partial charge is 0.0474 e. The van der Waals surface area contributed by atoms with Crippen LogP contribution < -0.4 is 5.32 Å². The Morgan fingerprint density at radius 2 is 1.86 bits per heavy atom. The molecular formula is C18H38N2O. The van der Waals surface area contributed by atoms with Crippen molar-refractivity contribution in [3.05, 3.63) is 0 Å². The molecule has 0 aliphatic heterocycles. The average Bonchev–Trinajstić information content (AvgIpc) is 2.39. The van der Waals surface area contributed by atoms with E-state index in [2.05, 4.69) is 45.0 Å². The van der Waals surface area contributed by atoms with E-state index in [9.17, 15) is 0 Å². The topological polar surface area (TPSA) is 24.5 Å². The molecule has 1 N–H and O–H groups in total. The molecule has 0 aromatic carbocycles. The monoisotopic (exact) mass is 298 g/mol. The maximum Gasteiger partial charge on any atom is 0.0474 e. The van der Waals surface area contributed by atoms with Gasteiger partial charge < -0.3 is 15.0 Å². The fourth-order valence-electron chi connectivity index (χ4n) is 3.35. The molecule has 1 fully saturated rings. The molecule has 0 saturated heterocycles. The summed E-state index contributed by atoms with van der Waals surface area (Å²) in [7, 11) is 4.06. The molecule has 0 bridgehead atoms. The molecule has 1 aliphatic rings. The van der Waals surface area contributed by atoms with Crippen LogP contribution in [0.5, 0.6) is 0 Å². The highest BCUT2D eigenvalue weighted by atomic mass is 16.5. The van der Waals surface area contributed by atoms with Gasteiger partial charge in [0.25, 0.3) is 0 Å². The van der Waals surface area contributed by atoms with Gasteiger partial charge in [0.2, 0.25) is 0 Å². The highest BCUT2D eigenvalue weighted by molar-refractivity contribution is 4.90. The van der Waals surface area contributed by atoms with Crippen molar-refractivity contribution in [1.82, 2.24) is 10.2 Å². The van der Waals surface area contributed by atoms with Crippen LogP contribution in [-0.2, 0) is 4.74 Å². The first kappa shape index (κ1) is 18.9. The molecule has 0 aromatic heterocycles. The molecule has 1 saturated carbocycles. The van der Waals surface area contributed by atoms with Gasteiger partial charge in [0.15, 0.2) is 0 Å². The third-order valence-corrected chi connectivity index (χ3v) is 4.82. The second kappa shape index (κ2) is 8.50. The lowest BCUT2D eigenvalue weighted by Gasteiger charge is -2.43. The van der Waals surface area contributed by atoms with E-state index < -0.39 is 0 Å². The van der Waals surface area contributed by atoms with Crippen molar-refractivity contribution >= 4 is 0 Å². The lowest BCUT2D eigenvalue weighted by Crippen LogP contribution is -2.49. The predicted octanol–water partition coefficient (Wildman–Crippen LogP) is 3.54. The van der Waals surface area contributed by atoms with Gasteiger partial charge in [-0.3, -0.25) is 0 Å². The Labute approximate surface area is 132 Å². The van der Waals surface area contributed by atoms with Crippen LogP contribution in [0.15, 0.2) is 0 Å². The van der Waals surface area contributed by atoms with Crippen molar-refractivity contribution in [3.8, 4) is 0 Å². The molecule has 1 rings (SSSR count). The Bertz CT molecular complexity index is 277. The van der Waals surface area contributed by atoms with Gasteiger partial charge >= 0.3 is 0 Å². The van der Waals surface area contributed by atoms with Crippen molar-refractivity contribution in [3.63, 3.8) is 0 Å². The zero-order chi connectivity index (χ0) is 15.9. The zero-order valence-corrected chi connectivity index (χ0v) is 15.3. The van der Waals surface area contributed by atoms with Gasteiger partial charge in [0.05, 0.1) is 0 Å². The summed E-state index contributed by atoms with van der Waals surface area (Å²) in [6.45, 7) is 13.6. The molecule has 0 amide bonds. The maximum absolute atomic E-state index is 5.17. The van der Waals surface area contributed by atoms with Crippen molar-refractivity contribution in [2.24, 2.45) is 11.3 Å². The van der Waals surface area contributed by atoms with E-state index >= 15 is 0 Å². The predicted molar refractivity (Wildman–Crippen MR) is 91.8 cm³/mol. The lowest BCUT2D eigenvalue weighted by molar-refractivity contribution is 0.0861. The number of hydrogen-bond donors (Lipinski definition) is 1. The van der Waals surface area contributed by atoms with Crippen molar-refractivity contribution < 1.29 is 4.74 Å². The quantitative estimate of drug-likeness (QED) is 0.694. The molecule has 3 nitrogen and oxygen atoms in total. The molecule has 0 unspecified atom stereocenters. The van der Waals surface area contributed by atoms with Crippen LogP contribution in [0.4, 0.5) is 0 Å². The Hall–Kier alpha value is -0.120. The number of hydrogen-bond acceptors (Lipinski definition) is 3. The summed E-state index contributed by atoms with van der Waals surface area (Å²) >= 11 is 0. The van der Waals surface area contributed by atoms with E-state index in [0.717, 1.165) is 32.0 Å². The second-order valence-corrected chi connectivity index (χ2v) is 8.37. The molecule has 0 spiro atoms. The zero-order valence-electron chi connectivity index (χ0n) is 15.3. The van der Waals surface area contributed by atoms with Crippen LogP contribution in [0.2, 0.25) is 0 Å². The Kier molecular flexibility index (Phi) is 7.66. The number of nitrogens with one attached hydrogen (secondary N) is 1. The van der Waals surface area contributed by atoms with Gasteiger partial charge in [-0.25, -0.2) is 0 Å². The SMILES string of the molecule is COCCCN(C)CC1(CNC(C)(C)C)CCC(C)CC1. The summed E-state index contributed by atoms with van der Waals surface area (Å²) in [6, 6.07) is 0. The normalized spacial score (nSPS) is 27.3. The fraction of sp³-hybridized carbons (Fsp3) is 1.00. The van der Waals surface area contributed by atoms with Gasteiger partial charge in [0, 0.05) is 38.9 Å². The average molecular weight is 299 g/mol. The highest BCUT2D eigenvalue weighted by Gasteiger charge is 2.35. The fourth-order valence-corrected chi connectivity index (χ4v) is 3.35. The first-order valence-electron chi connectivity index (χ1n) is 8.69. The van der Waals surface area contributed by atoms with E-state index in [1.54, 1.807) is 7.11 Å². The number of nitrogens with zero attached hydrogens (tertiary/aromatic N) is 1. The minimum atomic E-state index is 0.213. The lowest BCUT2D eigenvalue weighted by atomic mass is 9.70. The largest absolute Gasteiger partial charge is 0.385 e. The first-order valence-corrected chi connectivity index (χ1v) is 8.69. The molecule has 0 heterocycles. The van der Waals surface area contributed by atoms with Crippen molar-refractivity contribution in [2.75, 3.05) is 40.4 Å². The van der Waals surface area contributed by atoms with E-state index in [-0.39, 0.29) is 5.54 Å².